The second-order valence-corrected chi connectivity index (χ2v) is 5.21. The fourth-order valence-corrected chi connectivity index (χ4v) is 2.40. The maximum atomic E-state index is 12.3. The van der Waals surface area contributed by atoms with Crippen LogP contribution in [0.25, 0.3) is 0 Å². The highest BCUT2D eigenvalue weighted by molar-refractivity contribution is 7.18. The standard InChI is InChI=1S/C12H10N4O7S/c1-22-8-3-6(7(15(18)19)4-9(8)23-2)11(17)14-12-13-5-10(24-12)16(20)21/h3-5H,1-2H3,(H,13,14,17). The van der Waals surface area contributed by atoms with Gasteiger partial charge >= 0.3 is 5.00 Å². The van der Waals surface area contributed by atoms with Gasteiger partial charge in [-0.15, -0.1) is 0 Å². The van der Waals surface area contributed by atoms with Gasteiger partial charge < -0.3 is 9.47 Å². The molecule has 1 amide bonds. The van der Waals surface area contributed by atoms with Crippen LogP contribution in [0.15, 0.2) is 18.3 Å². The quantitative estimate of drug-likeness (QED) is 0.613. The average Bonchev–Trinajstić information content (AvgIpc) is 3.02. The van der Waals surface area contributed by atoms with E-state index in [4.69, 9.17) is 9.47 Å². The first-order valence-corrected chi connectivity index (χ1v) is 7.01. The average molecular weight is 354 g/mol. The number of benzene rings is 1. The van der Waals surface area contributed by atoms with E-state index < -0.39 is 21.4 Å². The zero-order valence-corrected chi connectivity index (χ0v) is 13.2. The van der Waals surface area contributed by atoms with Crippen LogP contribution in [-0.4, -0.2) is 35.0 Å². The number of carbonyl (C=O) groups excluding carboxylic acids is 1. The van der Waals surface area contributed by atoms with Crippen LogP contribution < -0.4 is 14.8 Å². The lowest BCUT2D eigenvalue weighted by atomic mass is 10.1. The van der Waals surface area contributed by atoms with Crippen LogP contribution in [-0.2, 0) is 0 Å². The molecular formula is C12H10N4O7S. The molecule has 0 aliphatic heterocycles. The summed E-state index contributed by atoms with van der Waals surface area (Å²) >= 11 is 0.628. The summed E-state index contributed by atoms with van der Waals surface area (Å²) in [6.45, 7) is 0. The Morgan fingerprint density at radius 3 is 2.29 bits per heavy atom. The minimum Gasteiger partial charge on any atom is -0.493 e. The molecule has 1 heterocycles. The van der Waals surface area contributed by atoms with Gasteiger partial charge in [0.1, 0.15) is 11.8 Å². The smallest absolute Gasteiger partial charge is 0.345 e. The van der Waals surface area contributed by atoms with E-state index in [0.717, 1.165) is 18.3 Å². The monoisotopic (exact) mass is 354 g/mol. The number of hydrogen-bond donors (Lipinski definition) is 1. The summed E-state index contributed by atoms with van der Waals surface area (Å²) in [5.41, 5.74) is -0.799. The van der Waals surface area contributed by atoms with Crippen molar-refractivity contribution in [2.45, 2.75) is 0 Å². The molecule has 12 heteroatoms. The zero-order chi connectivity index (χ0) is 17.9. The van der Waals surface area contributed by atoms with E-state index in [9.17, 15) is 25.0 Å². The van der Waals surface area contributed by atoms with Crippen molar-refractivity contribution < 1.29 is 24.1 Å². The molecule has 0 saturated heterocycles. The number of carbonyl (C=O) groups is 1. The molecule has 0 aliphatic rings. The van der Waals surface area contributed by atoms with Gasteiger partial charge in [0.25, 0.3) is 11.6 Å². The Morgan fingerprint density at radius 2 is 1.79 bits per heavy atom. The Balaban J connectivity index is 2.39. The molecule has 0 unspecified atom stereocenters. The fourth-order valence-electron chi connectivity index (χ4n) is 1.77. The summed E-state index contributed by atoms with van der Waals surface area (Å²) in [4.78, 5) is 36.3. The van der Waals surface area contributed by atoms with E-state index in [-0.39, 0.29) is 27.2 Å². The molecule has 2 aromatic rings. The second kappa shape index (κ2) is 6.87. The van der Waals surface area contributed by atoms with Crippen molar-refractivity contribution in [3.05, 3.63) is 44.1 Å². The van der Waals surface area contributed by atoms with Gasteiger partial charge in [0.05, 0.1) is 30.1 Å². The number of nitrogens with one attached hydrogen (secondary N) is 1. The minimum atomic E-state index is -0.855. The number of ether oxygens (including phenoxy) is 2. The van der Waals surface area contributed by atoms with E-state index in [1.54, 1.807) is 0 Å². The number of amides is 1. The first-order valence-electron chi connectivity index (χ1n) is 6.19. The number of hydrogen-bond acceptors (Lipinski definition) is 9. The third-order valence-corrected chi connectivity index (χ3v) is 3.70. The molecule has 11 nitrogen and oxygen atoms in total. The number of nitro groups is 2. The minimum absolute atomic E-state index is 0.0595. The van der Waals surface area contributed by atoms with E-state index in [1.807, 2.05) is 0 Å². The first kappa shape index (κ1) is 17.1. The maximum absolute atomic E-state index is 12.3. The van der Waals surface area contributed by atoms with Gasteiger partial charge in [0.2, 0.25) is 0 Å². The van der Waals surface area contributed by atoms with Crippen LogP contribution in [0, 0.1) is 20.2 Å². The highest BCUT2D eigenvalue weighted by Crippen LogP contribution is 2.35. The highest BCUT2D eigenvalue weighted by atomic mass is 32.1. The van der Waals surface area contributed by atoms with Gasteiger partial charge in [-0.2, -0.15) is 0 Å². The number of nitro benzene ring substituents is 1. The summed E-state index contributed by atoms with van der Waals surface area (Å²) in [6.07, 6.45) is 0.975. The summed E-state index contributed by atoms with van der Waals surface area (Å²) in [5, 5.41) is 23.7. The van der Waals surface area contributed by atoms with Gasteiger partial charge in [0.15, 0.2) is 16.6 Å². The Bertz CT molecular complexity index is 820. The fraction of sp³-hybridized carbons (Fsp3) is 0.167. The second-order valence-electron chi connectivity index (χ2n) is 4.20. The van der Waals surface area contributed by atoms with Gasteiger partial charge in [-0.05, 0) is 11.3 Å². The molecular weight excluding hydrogens is 344 g/mol. The van der Waals surface area contributed by atoms with Crippen LogP contribution >= 0.6 is 11.3 Å². The lowest BCUT2D eigenvalue weighted by Crippen LogP contribution is -2.14. The predicted octanol–water partition coefficient (Wildman–Crippen LogP) is 2.23. The van der Waals surface area contributed by atoms with Crippen LogP contribution in [0.1, 0.15) is 10.4 Å². The van der Waals surface area contributed by atoms with Gasteiger partial charge in [-0.25, -0.2) is 4.98 Å². The van der Waals surface area contributed by atoms with E-state index >= 15 is 0 Å². The van der Waals surface area contributed by atoms with Crippen LogP contribution in [0.3, 0.4) is 0 Å². The molecule has 1 aromatic carbocycles. The molecule has 1 aromatic heterocycles. The molecule has 0 bridgehead atoms. The molecule has 0 saturated carbocycles. The highest BCUT2D eigenvalue weighted by Gasteiger charge is 2.25. The van der Waals surface area contributed by atoms with Crippen molar-refractivity contribution in [1.29, 1.82) is 0 Å². The summed E-state index contributed by atoms with van der Waals surface area (Å²) in [7, 11) is 2.62. The van der Waals surface area contributed by atoms with Crippen LogP contribution in [0.5, 0.6) is 11.5 Å². The molecule has 0 fully saturated rings. The SMILES string of the molecule is COc1cc(C(=O)Nc2ncc([N+](=O)[O-])s2)c([N+](=O)[O-])cc1OC. The normalized spacial score (nSPS) is 10.1. The third kappa shape index (κ3) is 3.38. The van der Waals surface area contributed by atoms with Crippen molar-refractivity contribution in [1.82, 2.24) is 4.98 Å². The predicted molar refractivity (Wildman–Crippen MR) is 82.9 cm³/mol. The molecule has 126 valence electrons. The van der Waals surface area contributed by atoms with E-state index in [2.05, 4.69) is 10.3 Å². The van der Waals surface area contributed by atoms with E-state index in [0.29, 0.717) is 11.3 Å². The summed E-state index contributed by atoms with van der Waals surface area (Å²) < 4.78 is 9.98. The van der Waals surface area contributed by atoms with Gasteiger partial charge in [-0.3, -0.25) is 30.3 Å². The molecule has 2 rings (SSSR count). The maximum Gasteiger partial charge on any atom is 0.345 e. The van der Waals surface area contributed by atoms with Crippen molar-refractivity contribution in [2.75, 3.05) is 19.5 Å². The lowest BCUT2D eigenvalue weighted by Gasteiger charge is -2.10. The largest absolute Gasteiger partial charge is 0.493 e. The van der Waals surface area contributed by atoms with Crippen LogP contribution in [0.4, 0.5) is 15.8 Å². The number of anilines is 1. The van der Waals surface area contributed by atoms with Gasteiger partial charge in [0, 0.05) is 6.07 Å². The molecule has 0 aliphatic carbocycles. The zero-order valence-electron chi connectivity index (χ0n) is 12.3. The molecule has 0 atom stereocenters. The number of aromatic nitrogens is 1. The molecule has 0 spiro atoms. The number of nitrogens with zero attached hydrogens (tertiary/aromatic N) is 3. The molecule has 24 heavy (non-hydrogen) atoms. The lowest BCUT2D eigenvalue weighted by molar-refractivity contribution is -0.385. The number of methoxy groups -OCH3 is 2. The van der Waals surface area contributed by atoms with Crippen molar-refractivity contribution in [2.24, 2.45) is 0 Å². The molecule has 0 radical (unpaired) electrons. The third-order valence-electron chi connectivity index (χ3n) is 2.84. The van der Waals surface area contributed by atoms with Crippen molar-refractivity contribution in [3.63, 3.8) is 0 Å². The Kier molecular flexibility index (Phi) is 4.89. The Labute approximate surface area is 138 Å². The first-order chi connectivity index (χ1) is 11.4. The number of rotatable bonds is 6. The van der Waals surface area contributed by atoms with Crippen molar-refractivity contribution in [3.8, 4) is 11.5 Å². The Morgan fingerprint density at radius 1 is 1.17 bits per heavy atom. The Hall–Kier alpha value is -3.28. The van der Waals surface area contributed by atoms with Gasteiger partial charge in [-0.1, -0.05) is 0 Å². The van der Waals surface area contributed by atoms with E-state index in [1.165, 1.54) is 14.2 Å². The molecule has 1 N–H and O–H groups in total. The van der Waals surface area contributed by atoms with Crippen LogP contribution in [0.2, 0.25) is 0 Å². The van der Waals surface area contributed by atoms with Crippen molar-refractivity contribution >= 4 is 33.1 Å². The topological polar surface area (TPSA) is 147 Å². The summed E-state index contributed by atoms with van der Waals surface area (Å²) in [6, 6.07) is 2.20. The number of thiazole rings is 1. The summed E-state index contributed by atoms with van der Waals surface area (Å²) in [5.74, 6) is -0.643.